The maximum absolute atomic E-state index is 13.2. The van der Waals surface area contributed by atoms with Gasteiger partial charge >= 0.3 is 0 Å². The average molecular weight is 312 g/mol. The van der Waals surface area contributed by atoms with E-state index in [2.05, 4.69) is 45.0 Å². The summed E-state index contributed by atoms with van der Waals surface area (Å²) >= 11 is 0. The van der Waals surface area contributed by atoms with Crippen molar-refractivity contribution in [1.29, 1.82) is 0 Å². The molecule has 0 amide bonds. The minimum atomic E-state index is -2.73. The molecular formula is C19H24O2Si. The van der Waals surface area contributed by atoms with Gasteiger partial charge in [-0.05, 0) is 22.3 Å². The number of carbonyl (C=O) groups excluding carboxylic acids is 1. The second-order valence-electron chi connectivity index (χ2n) is 6.45. The molecule has 0 bridgehead atoms. The standard InChI is InChI=1S/C19H24O2Si/c1-5-21-18(20)22(19(2,3)4,16-12-8-6-9-13-16)17-14-10-7-11-15-17/h6-15H,5H2,1-4H3. The molecule has 2 rings (SSSR count). The van der Waals surface area contributed by atoms with Crippen molar-refractivity contribution in [2.24, 2.45) is 0 Å². The zero-order valence-electron chi connectivity index (χ0n) is 13.8. The van der Waals surface area contributed by atoms with Crippen molar-refractivity contribution in [3.8, 4) is 0 Å². The summed E-state index contributed by atoms with van der Waals surface area (Å²) in [5, 5.41) is 2.02. The monoisotopic (exact) mass is 312 g/mol. The first-order chi connectivity index (χ1) is 10.4. The smallest absolute Gasteiger partial charge is 0.282 e. The highest BCUT2D eigenvalue weighted by molar-refractivity contribution is 7.23. The molecule has 0 heterocycles. The second kappa shape index (κ2) is 6.49. The van der Waals surface area contributed by atoms with Crippen molar-refractivity contribution in [3.05, 3.63) is 60.7 Å². The largest absolute Gasteiger partial charge is 0.470 e. The van der Waals surface area contributed by atoms with Crippen LogP contribution in [0.2, 0.25) is 5.04 Å². The molecule has 0 atom stereocenters. The molecule has 2 aromatic rings. The summed E-state index contributed by atoms with van der Waals surface area (Å²) < 4.78 is 5.57. The van der Waals surface area contributed by atoms with Crippen LogP contribution in [-0.2, 0) is 4.74 Å². The number of hydrogen-bond donors (Lipinski definition) is 0. The Labute approximate surface area is 134 Å². The molecule has 0 unspecified atom stereocenters. The molecule has 0 aromatic heterocycles. The first kappa shape index (κ1) is 16.5. The molecule has 2 nitrogen and oxygen atoms in total. The molecule has 0 aliphatic carbocycles. The fraction of sp³-hybridized carbons (Fsp3) is 0.316. The number of hydrogen-bond acceptors (Lipinski definition) is 2. The van der Waals surface area contributed by atoms with Crippen molar-refractivity contribution in [3.63, 3.8) is 0 Å². The van der Waals surface area contributed by atoms with Gasteiger partial charge in [0.15, 0.2) is 0 Å². The van der Waals surface area contributed by atoms with Crippen LogP contribution in [0, 0.1) is 0 Å². The fourth-order valence-electron chi connectivity index (χ4n) is 3.19. The third-order valence-electron chi connectivity index (χ3n) is 4.12. The van der Waals surface area contributed by atoms with Crippen molar-refractivity contribution in [1.82, 2.24) is 0 Å². The molecule has 0 spiro atoms. The summed E-state index contributed by atoms with van der Waals surface area (Å²) in [6.45, 7) is 8.72. The minimum absolute atomic E-state index is 0.0556. The van der Waals surface area contributed by atoms with Crippen molar-refractivity contribution in [2.45, 2.75) is 32.7 Å². The molecule has 0 saturated carbocycles. The number of benzene rings is 2. The summed E-state index contributed by atoms with van der Waals surface area (Å²) in [6, 6.07) is 20.3. The Morgan fingerprint density at radius 3 is 1.64 bits per heavy atom. The third-order valence-corrected chi connectivity index (χ3v) is 9.53. The van der Waals surface area contributed by atoms with Crippen molar-refractivity contribution >= 4 is 24.0 Å². The maximum atomic E-state index is 13.2. The normalized spacial score (nSPS) is 12.0. The molecule has 0 radical (unpaired) electrons. The lowest BCUT2D eigenvalue weighted by Gasteiger charge is -2.40. The molecular weight excluding hydrogens is 288 g/mol. The highest BCUT2D eigenvalue weighted by Crippen LogP contribution is 2.37. The summed E-state index contributed by atoms with van der Waals surface area (Å²) in [5.41, 5.74) is -0.0556. The predicted molar refractivity (Wildman–Crippen MR) is 94.6 cm³/mol. The van der Waals surface area contributed by atoms with Crippen LogP contribution in [-0.4, -0.2) is 20.3 Å². The van der Waals surface area contributed by atoms with Crippen molar-refractivity contribution < 1.29 is 9.53 Å². The Hall–Kier alpha value is -1.87. The number of rotatable bonds is 4. The molecule has 0 N–H and O–H groups in total. The van der Waals surface area contributed by atoms with Crippen LogP contribution in [0.4, 0.5) is 4.79 Å². The number of ether oxygens (including phenoxy) is 1. The van der Waals surface area contributed by atoms with Crippen LogP contribution in [0.3, 0.4) is 0 Å². The lowest BCUT2D eigenvalue weighted by Crippen LogP contribution is -2.70. The Bertz CT molecular complexity index is 575. The molecule has 0 saturated heterocycles. The Kier molecular flexibility index (Phi) is 4.86. The Morgan fingerprint density at radius 1 is 0.909 bits per heavy atom. The SMILES string of the molecule is CCOC(=O)[Si](c1ccccc1)(c1ccccc1)C(C)(C)C. The van der Waals surface area contributed by atoms with Crippen LogP contribution in [0.15, 0.2) is 60.7 Å². The molecule has 2 aromatic carbocycles. The maximum Gasteiger partial charge on any atom is 0.282 e. The van der Waals surface area contributed by atoms with Gasteiger partial charge in [0, 0.05) is 0 Å². The van der Waals surface area contributed by atoms with Crippen LogP contribution >= 0.6 is 0 Å². The van der Waals surface area contributed by atoms with Gasteiger partial charge in [-0.2, -0.15) is 0 Å². The first-order valence-electron chi connectivity index (χ1n) is 7.73. The quantitative estimate of drug-likeness (QED) is 0.803. The van der Waals surface area contributed by atoms with Crippen LogP contribution in [0.5, 0.6) is 0 Å². The van der Waals surface area contributed by atoms with Crippen LogP contribution in [0.25, 0.3) is 0 Å². The summed E-state index contributed by atoms with van der Waals surface area (Å²) in [4.78, 5) is 13.2. The summed E-state index contributed by atoms with van der Waals surface area (Å²) in [5.74, 6) is 0. The Morgan fingerprint density at radius 2 is 1.32 bits per heavy atom. The van der Waals surface area contributed by atoms with E-state index in [1.807, 2.05) is 43.3 Å². The average Bonchev–Trinajstić information content (AvgIpc) is 2.49. The second-order valence-corrected chi connectivity index (χ2v) is 11.0. The van der Waals surface area contributed by atoms with E-state index in [1.165, 1.54) is 0 Å². The van der Waals surface area contributed by atoms with Gasteiger partial charge in [-0.25, -0.2) is 0 Å². The van der Waals surface area contributed by atoms with Gasteiger partial charge in [-0.15, -0.1) is 0 Å². The van der Waals surface area contributed by atoms with Crippen LogP contribution < -0.4 is 10.4 Å². The minimum Gasteiger partial charge on any atom is -0.470 e. The molecule has 0 aliphatic rings. The van der Waals surface area contributed by atoms with Gasteiger partial charge in [-0.1, -0.05) is 81.4 Å². The molecule has 0 fully saturated rings. The van der Waals surface area contributed by atoms with E-state index < -0.39 is 8.07 Å². The summed E-state index contributed by atoms with van der Waals surface area (Å²) in [6.07, 6.45) is 0. The van der Waals surface area contributed by atoms with Crippen molar-refractivity contribution in [2.75, 3.05) is 6.61 Å². The zero-order valence-corrected chi connectivity index (χ0v) is 14.8. The lowest BCUT2D eigenvalue weighted by molar-refractivity contribution is 0.176. The first-order valence-corrected chi connectivity index (χ1v) is 9.73. The van der Waals surface area contributed by atoms with E-state index in [0.29, 0.717) is 6.61 Å². The third kappa shape index (κ3) is 2.73. The highest BCUT2D eigenvalue weighted by atomic mass is 28.3. The van der Waals surface area contributed by atoms with E-state index in [4.69, 9.17) is 4.74 Å². The molecule has 116 valence electrons. The predicted octanol–water partition coefficient (Wildman–Crippen LogP) is 3.79. The molecule has 3 heteroatoms. The Balaban J connectivity index is 2.79. The van der Waals surface area contributed by atoms with Gasteiger partial charge in [0.2, 0.25) is 0 Å². The number of carbonyl (C=O) groups is 1. The van der Waals surface area contributed by atoms with Gasteiger partial charge < -0.3 is 4.74 Å². The van der Waals surface area contributed by atoms with Gasteiger partial charge in [-0.3, -0.25) is 4.79 Å². The zero-order chi connectivity index (χ0) is 16.2. The van der Waals surface area contributed by atoms with Gasteiger partial charge in [0.05, 0.1) is 6.61 Å². The summed E-state index contributed by atoms with van der Waals surface area (Å²) in [7, 11) is -2.73. The highest BCUT2D eigenvalue weighted by Gasteiger charge is 2.55. The topological polar surface area (TPSA) is 26.3 Å². The van der Waals surface area contributed by atoms with Gasteiger partial charge in [0.1, 0.15) is 0 Å². The fourth-order valence-corrected chi connectivity index (χ4v) is 8.09. The molecule has 0 aliphatic heterocycles. The van der Waals surface area contributed by atoms with Gasteiger partial charge in [0.25, 0.3) is 13.7 Å². The molecule has 22 heavy (non-hydrogen) atoms. The van der Waals surface area contributed by atoms with E-state index >= 15 is 0 Å². The van der Waals surface area contributed by atoms with E-state index in [0.717, 1.165) is 10.4 Å². The van der Waals surface area contributed by atoms with E-state index in [1.54, 1.807) is 0 Å². The van der Waals surface area contributed by atoms with E-state index in [-0.39, 0.29) is 10.6 Å². The lowest BCUT2D eigenvalue weighted by atomic mass is 10.2. The van der Waals surface area contributed by atoms with E-state index in [9.17, 15) is 4.79 Å². The van der Waals surface area contributed by atoms with Crippen LogP contribution in [0.1, 0.15) is 27.7 Å².